The molecule has 0 aliphatic rings. The van der Waals surface area contributed by atoms with Crippen LogP contribution in [0.15, 0.2) is 12.1 Å². The van der Waals surface area contributed by atoms with Gasteiger partial charge in [0.25, 0.3) is 0 Å². The van der Waals surface area contributed by atoms with Gasteiger partial charge in [0, 0.05) is 5.39 Å². The Bertz CT molecular complexity index is 393. The van der Waals surface area contributed by atoms with Crippen molar-refractivity contribution in [3.05, 3.63) is 23.8 Å². The summed E-state index contributed by atoms with van der Waals surface area (Å²) in [5.74, 6) is -0.485. The van der Waals surface area contributed by atoms with E-state index in [1.165, 1.54) is 6.07 Å². The van der Waals surface area contributed by atoms with Crippen molar-refractivity contribution in [3.8, 4) is 0 Å². The Kier molecular flexibility index (Phi) is 1.15. The van der Waals surface area contributed by atoms with Gasteiger partial charge in [-0.05, 0) is 19.1 Å². The molecule has 4 heteroatoms. The number of aryl methyl sites for hydroxylation is 1. The van der Waals surface area contributed by atoms with E-state index in [0.717, 1.165) is 11.1 Å². The number of nitrogens with zero attached hydrogens (tertiary/aromatic N) is 2. The first-order valence-electron chi connectivity index (χ1n) is 3.24. The molecule has 2 aromatic rings. The molecule has 11 heavy (non-hydrogen) atoms. The SMILES string of the molecule is Cc1n[nH]c2nc(F)ccc12. The van der Waals surface area contributed by atoms with Crippen molar-refractivity contribution < 1.29 is 4.39 Å². The normalized spacial score (nSPS) is 10.7. The molecule has 2 aromatic heterocycles. The molecule has 56 valence electrons. The van der Waals surface area contributed by atoms with Crippen molar-refractivity contribution in [2.24, 2.45) is 0 Å². The lowest BCUT2D eigenvalue weighted by Gasteiger charge is -1.87. The van der Waals surface area contributed by atoms with E-state index in [2.05, 4.69) is 15.2 Å². The second-order valence-corrected chi connectivity index (χ2v) is 2.34. The van der Waals surface area contributed by atoms with E-state index in [9.17, 15) is 4.39 Å². The predicted octanol–water partition coefficient (Wildman–Crippen LogP) is 1.41. The van der Waals surface area contributed by atoms with E-state index in [1.54, 1.807) is 6.07 Å². The number of fused-ring (bicyclic) bond motifs is 1. The highest BCUT2D eigenvalue weighted by atomic mass is 19.1. The number of halogens is 1. The van der Waals surface area contributed by atoms with Crippen LogP contribution in [0.1, 0.15) is 5.69 Å². The van der Waals surface area contributed by atoms with Crippen molar-refractivity contribution in [3.63, 3.8) is 0 Å². The Morgan fingerprint density at radius 1 is 1.45 bits per heavy atom. The minimum Gasteiger partial charge on any atom is -0.260 e. The fourth-order valence-electron chi connectivity index (χ4n) is 1.01. The first-order chi connectivity index (χ1) is 5.27. The highest BCUT2D eigenvalue weighted by Crippen LogP contribution is 2.11. The van der Waals surface area contributed by atoms with E-state index in [4.69, 9.17) is 0 Å². The molecular formula is C7H6FN3. The molecule has 0 aliphatic carbocycles. The van der Waals surface area contributed by atoms with Crippen molar-refractivity contribution in [2.75, 3.05) is 0 Å². The van der Waals surface area contributed by atoms with Crippen molar-refractivity contribution in [1.29, 1.82) is 0 Å². The Labute approximate surface area is 62.3 Å². The van der Waals surface area contributed by atoms with E-state index in [1.807, 2.05) is 6.92 Å². The van der Waals surface area contributed by atoms with Crippen LogP contribution in [0.25, 0.3) is 11.0 Å². The van der Waals surface area contributed by atoms with Crippen molar-refractivity contribution in [1.82, 2.24) is 15.2 Å². The van der Waals surface area contributed by atoms with Crippen molar-refractivity contribution in [2.45, 2.75) is 6.92 Å². The summed E-state index contributed by atoms with van der Waals surface area (Å²) in [6.07, 6.45) is 0. The minimum absolute atomic E-state index is 0.485. The second kappa shape index (κ2) is 2.02. The van der Waals surface area contributed by atoms with Crippen molar-refractivity contribution >= 4 is 11.0 Å². The average molecular weight is 151 g/mol. The summed E-state index contributed by atoms with van der Waals surface area (Å²) >= 11 is 0. The van der Waals surface area contributed by atoms with Gasteiger partial charge in [-0.3, -0.25) is 5.10 Å². The number of nitrogens with one attached hydrogen (secondary N) is 1. The molecule has 0 spiro atoms. The van der Waals surface area contributed by atoms with E-state index in [0.29, 0.717) is 5.65 Å². The number of hydrogen-bond acceptors (Lipinski definition) is 2. The molecule has 0 bridgehead atoms. The standard InChI is InChI=1S/C7H6FN3/c1-4-5-2-3-6(8)9-7(5)11-10-4/h2-3H,1H3,(H,9,10,11). The van der Waals surface area contributed by atoms with Gasteiger partial charge in [0.15, 0.2) is 5.65 Å². The van der Waals surface area contributed by atoms with Crippen LogP contribution in [-0.2, 0) is 0 Å². The quantitative estimate of drug-likeness (QED) is 0.578. The number of pyridine rings is 1. The number of H-pyrrole nitrogens is 1. The first kappa shape index (κ1) is 6.27. The van der Waals surface area contributed by atoms with Gasteiger partial charge in [-0.25, -0.2) is 4.98 Å². The molecule has 0 saturated carbocycles. The van der Waals surface area contributed by atoms with Crippen LogP contribution in [0.4, 0.5) is 4.39 Å². The largest absolute Gasteiger partial charge is 0.260 e. The molecule has 0 fully saturated rings. The second-order valence-electron chi connectivity index (χ2n) is 2.34. The number of rotatable bonds is 0. The average Bonchev–Trinajstić information content (AvgIpc) is 2.32. The Morgan fingerprint density at radius 2 is 2.27 bits per heavy atom. The minimum atomic E-state index is -0.485. The molecule has 0 atom stereocenters. The van der Waals surface area contributed by atoms with Crippen LogP contribution in [0.2, 0.25) is 0 Å². The molecular weight excluding hydrogens is 145 g/mol. The first-order valence-corrected chi connectivity index (χ1v) is 3.24. The zero-order chi connectivity index (χ0) is 7.84. The fraction of sp³-hybridized carbons (Fsp3) is 0.143. The van der Waals surface area contributed by atoms with Gasteiger partial charge in [-0.1, -0.05) is 0 Å². The topological polar surface area (TPSA) is 41.6 Å². The molecule has 1 N–H and O–H groups in total. The molecule has 2 rings (SSSR count). The summed E-state index contributed by atoms with van der Waals surface area (Å²) in [7, 11) is 0. The zero-order valence-electron chi connectivity index (χ0n) is 5.93. The van der Waals surface area contributed by atoms with Crippen LogP contribution in [0.3, 0.4) is 0 Å². The van der Waals surface area contributed by atoms with Gasteiger partial charge < -0.3 is 0 Å². The van der Waals surface area contributed by atoms with Crippen LogP contribution < -0.4 is 0 Å². The Hall–Kier alpha value is -1.45. The molecule has 0 saturated heterocycles. The Morgan fingerprint density at radius 3 is 3.09 bits per heavy atom. The Balaban J connectivity index is 2.86. The third kappa shape index (κ3) is 0.869. The summed E-state index contributed by atoms with van der Waals surface area (Å²) < 4.78 is 12.5. The zero-order valence-corrected chi connectivity index (χ0v) is 5.93. The molecule has 3 nitrogen and oxygen atoms in total. The smallest absolute Gasteiger partial charge is 0.214 e. The lowest BCUT2D eigenvalue weighted by molar-refractivity contribution is 0.588. The maximum atomic E-state index is 12.5. The maximum absolute atomic E-state index is 12.5. The van der Waals surface area contributed by atoms with E-state index >= 15 is 0 Å². The number of hydrogen-bond donors (Lipinski definition) is 1. The molecule has 0 aromatic carbocycles. The van der Waals surface area contributed by atoms with E-state index < -0.39 is 5.95 Å². The summed E-state index contributed by atoms with van der Waals surface area (Å²) in [6, 6.07) is 2.99. The third-order valence-electron chi connectivity index (χ3n) is 1.58. The highest BCUT2D eigenvalue weighted by Gasteiger charge is 2.01. The predicted molar refractivity (Wildman–Crippen MR) is 38.6 cm³/mol. The van der Waals surface area contributed by atoms with Gasteiger partial charge in [0.1, 0.15) is 0 Å². The summed E-state index contributed by atoms with van der Waals surface area (Å²) in [5.41, 5.74) is 1.34. The lowest BCUT2D eigenvalue weighted by Crippen LogP contribution is -1.81. The molecule has 0 amide bonds. The molecule has 0 unspecified atom stereocenters. The van der Waals surface area contributed by atoms with Gasteiger partial charge in [0.2, 0.25) is 5.95 Å². The summed E-state index contributed by atoms with van der Waals surface area (Å²) in [5, 5.41) is 7.38. The highest BCUT2D eigenvalue weighted by molar-refractivity contribution is 5.76. The fourth-order valence-corrected chi connectivity index (χ4v) is 1.01. The number of aromatic amines is 1. The molecule has 0 aliphatic heterocycles. The number of aromatic nitrogens is 3. The van der Waals surface area contributed by atoms with Crippen LogP contribution in [-0.4, -0.2) is 15.2 Å². The molecule has 0 radical (unpaired) electrons. The van der Waals surface area contributed by atoms with Gasteiger partial charge in [-0.15, -0.1) is 0 Å². The van der Waals surface area contributed by atoms with Crippen LogP contribution in [0.5, 0.6) is 0 Å². The lowest BCUT2D eigenvalue weighted by atomic mass is 10.3. The van der Waals surface area contributed by atoms with Crippen LogP contribution >= 0.6 is 0 Å². The van der Waals surface area contributed by atoms with Crippen LogP contribution in [0, 0.1) is 12.9 Å². The van der Waals surface area contributed by atoms with E-state index in [-0.39, 0.29) is 0 Å². The maximum Gasteiger partial charge on any atom is 0.214 e. The van der Waals surface area contributed by atoms with Gasteiger partial charge in [0.05, 0.1) is 5.69 Å². The molecule has 2 heterocycles. The van der Waals surface area contributed by atoms with Gasteiger partial charge in [-0.2, -0.15) is 9.49 Å². The van der Waals surface area contributed by atoms with Gasteiger partial charge >= 0.3 is 0 Å². The summed E-state index contributed by atoms with van der Waals surface area (Å²) in [6.45, 7) is 1.85. The monoisotopic (exact) mass is 151 g/mol. The third-order valence-corrected chi connectivity index (χ3v) is 1.58. The summed E-state index contributed by atoms with van der Waals surface area (Å²) in [4.78, 5) is 3.61.